The Bertz CT molecular complexity index is 496. The van der Waals surface area contributed by atoms with E-state index in [1.165, 1.54) is 0 Å². The third-order valence-electron chi connectivity index (χ3n) is 3.17. The van der Waals surface area contributed by atoms with Crippen molar-refractivity contribution in [3.8, 4) is 5.75 Å². The van der Waals surface area contributed by atoms with Crippen molar-refractivity contribution in [2.24, 2.45) is 0 Å². The van der Waals surface area contributed by atoms with E-state index in [-0.39, 0.29) is 12.3 Å². The Labute approximate surface area is 131 Å². The van der Waals surface area contributed by atoms with Gasteiger partial charge in [-0.1, -0.05) is 18.2 Å². The van der Waals surface area contributed by atoms with Gasteiger partial charge in [-0.05, 0) is 43.9 Å². The smallest absolute Gasteiger partial charge is 0.326 e. The van der Waals surface area contributed by atoms with Crippen LogP contribution in [0.4, 0.5) is 0 Å². The quantitative estimate of drug-likeness (QED) is 0.651. The summed E-state index contributed by atoms with van der Waals surface area (Å²) in [5.41, 5.74) is 1.01. The number of carboxylic acids is 1. The summed E-state index contributed by atoms with van der Waals surface area (Å²) in [5, 5.41) is 11.6. The van der Waals surface area contributed by atoms with E-state index in [0.717, 1.165) is 11.3 Å². The van der Waals surface area contributed by atoms with Gasteiger partial charge in [-0.2, -0.15) is 0 Å². The van der Waals surface area contributed by atoms with Crippen LogP contribution in [0.5, 0.6) is 5.75 Å². The number of carbonyl (C=O) groups excluding carboxylic acids is 1. The van der Waals surface area contributed by atoms with Crippen molar-refractivity contribution >= 4 is 11.9 Å². The number of carbonyl (C=O) groups is 2. The highest BCUT2D eigenvalue weighted by molar-refractivity contribution is 5.83. The van der Waals surface area contributed by atoms with Crippen LogP contribution < -0.4 is 10.1 Å². The van der Waals surface area contributed by atoms with Gasteiger partial charge in [0, 0.05) is 6.42 Å². The first-order chi connectivity index (χ1) is 10.6. The van der Waals surface area contributed by atoms with Crippen LogP contribution in [-0.4, -0.2) is 29.6 Å². The van der Waals surface area contributed by atoms with E-state index in [2.05, 4.69) is 11.9 Å². The van der Waals surface area contributed by atoms with E-state index in [4.69, 9.17) is 9.84 Å². The summed E-state index contributed by atoms with van der Waals surface area (Å²) in [6.45, 7) is 6.09. The molecule has 0 heterocycles. The summed E-state index contributed by atoms with van der Waals surface area (Å²) < 4.78 is 5.35. The molecule has 1 atom stereocenters. The molecule has 1 amide bonds. The Balaban J connectivity index is 2.43. The zero-order valence-electron chi connectivity index (χ0n) is 12.9. The molecule has 22 heavy (non-hydrogen) atoms. The Kier molecular flexibility index (Phi) is 7.75. The highest BCUT2D eigenvalue weighted by Gasteiger charge is 2.18. The van der Waals surface area contributed by atoms with E-state index in [0.29, 0.717) is 25.9 Å². The number of benzene rings is 1. The lowest BCUT2D eigenvalue weighted by Gasteiger charge is -2.13. The normalized spacial score (nSPS) is 11.5. The van der Waals surface area contributed by atoms with Crippen LogP contribution >= 0.6 is 0 Å². The van der Waals surface area contributed by atoms with Gasteiger partial charge in [0.05, 0.1) is 6.61 Å². The number of allylic oxidation sites excluding steroid dienone is 1. The summed E-state index contributed by atoms with van der Waals surface area (Å²) in [6, 6.07) is 6.68. The maximum absolute atomic E-state index is 11.8. The molecule has 0 saturated carbocycles. The monoisotopic (exact) mass is 305 g/mol. The van der Waals surface area contributed by atoms with E-state index in [1.807, 2.05) is 31.2 Å². The molecular weight excluding hydrogens is 282 g/mol. The number of ether oxygens (including phenoxy) is 1. The molecule has 1 rings (SSSR count). The Morgan fingerprint density at radius 1 is 1.36 bits per heavy atom. The highest BCUT2D eigenvalue weighted by atomic mass is 16.5. The molecule has 1 unspecified atom stereocenters. The fourth-order valence-electron chi connectivity index (χ4n) is 1.99. The minimum atomic E-state index is -1.02. The van der Waals surface area contributed by atoms with Gasteiger partial charge >= 0.3 is 5.97 Å². The van der Waals surface area contributed by atoms with Gasteiger partial charge in [0.1, 0.15) is 11.8 Å². The predicted molar refractivity (Wildman–Crippen MR) is 84.9 cm³/mol. The second-order valence-corrected chi connectivity index (χ2v) is 4.90. The second kappa shape index (κ2) is 9.60. The molecule has 5 heteroatoms. The molecule has 2 N–H and O–H groups in total. The molecule has 1 aromatic rings. The topological polar surface area (TPSA) is 75.6 Å². The average molecular weight is 305 g/mol. The largest absolute Gasteiger partial charge is 0.494 e. The van der Waals surface area contributed by atoms with Gasteiger partial charge in [-0.15, -0.1) is 6.58 Å². The third kappa shape index (κ3) is 6.43. The molecule has 0 saturated heterocycles. The molecule has 0 aliphatic heterocycles. The number of carboxylic acid groups (broad SMARTS) is 1. The zero-order valence-corrected chi connectivity index (χ0v) is 12.9. The summed E-state index contributed by atoms with van der Waals surface area (Å²) in [7, 11) is 0. The number of hydrogen-bond donors (Lipinski definition) is 2. The summed E-state index contributed by atoms with van der Waals surface area (Å²) in [4.78, 5) is 22.9. The van der Waals surface area contributed by atoms with Gasteiger partial charge in [-0.3, -0.25) is 4.79 Å². The van der Waals surface area contributed by atoms with E-state index in [9.17, 15) is 9.59 Å². The number of amides is 1. The number of nitrogens with one attached hydrogen (secondary N) is 1. The predicted octanol–water partition coefficient (Wildman–Crippen LogP) is 2.55. The van der Waals surface area contributed by atoms with Gasteiger partial charge in [-0.25, -0.2) is 4.79 Å². The van der Waals surface area contributed by atoms with Crippen LogP contribution in [0.25, 0.3) is 0 Å². The van der Waals surface area contributed by atoms with Gasteiger partial charge in [0.25, 0.3) is 0 Å². The molecule has 0 aliphatic rings. The average Bonchev–Trinajstić information content (AvgIpc) is 2.50. The summed E-state index contributed by atoms with van der Waals surface area (Å²) in [6.07, 6.45) is 3.36. The first-order valence-corrected chi connectivity index (χ1v) is 7.41. The van der Waals surface area contributed by atoms with Crippen molar-refractivity contribution in [2.75, 3.05) is 6.61 Å². The maximum atomic E-state index is 11.8. The molecule has 1 aromatic carbocycles. The third-order valence-corrected chi connectivity index (χ3v) is 3.17. The first-order valence-electron chi connectivity index (χ1n) is 7.41. The lowest BCUT2D eigenvalue weighted by atomic mass is 10.1. The number of aryl methyl sites for hydroxylation is 1. The van der Waals surface area contributed by atoms with Crippen molar-refractivity contribution in [1.82, 2.24) is 5.32 Å². The minimum Gasteiger partial charge on any atom is -0.494 e. The number of aliphatic carboxylic acids is 1. The van der Waals surface area contributed by atoms with Crippen LogP contribution in [0.1, 0.15) is 31.7 Å². The zero-order chi connectivity index (χ0) is 16.4. The molecular formula is C17H23NO4. The lowest BCUT2D eigenvalue weighted by Crippen LogP contribution is -2.40. The molecule has 0 aliphatic carbocycles. The van der Waals surface area contributed by atoms with Gasteiger partial charge in [0.15, 0.2) is 0 Å². The van der Waals surface area contributed by atoms with Crippen LogP contribution in [-0.2, 0) is 16.0 Å². The number of rotatable bonds is 10. The van der Waals surface area contributed by atoms with Crippen LogP contribution in [0.15, 0.2) is 36.9 Å². The van der Waals surface area contributed by atoms with E-state index < -0.39 is 12.0 Å². The van der Waals surface area contributed by atoms with Crippen LogP contribution in [0.2, 0.25) is 0 Å². The van der Waals surface area contributed by atoms with Gasteiger partial charge < -0.3 is 15.2 Å². The molecule has 5 nitrogen and oxygen atoms in total. The van der Waals surface area contributed by atoms with E-state index >= 15 is 0 Å². The van der Waals surface area contributed by atoms with Crippen molar-refractivity contribution < 1.29 is 19.4 Å². The Hall–Kier alpha value is -2.30. The molecule has 0 fully saturated rings. The maximum Gasteiger partial charge on any atom is 0.326 e. The van der Waals surface area contributed by atoms with Crippen molar-refractivity contribution in [3.05, 3.63) is 42.5 Å². The van der Waals surface area contributed by atoms with Gasteiger partial charge in [0.2, 0.25) is 5.91 Å². The highest BCUT2D eigenvalue weighted by Crippen LogP contribution is 2.13. The van der Waals surface area contributed by atoms with Crippen molar-refractivity contribution in [3.63, 3.8) is 0 Å². The summed E-state index contributed by atoms with van der Waals surface area (Å²) >= 11 is 0. The van der Waals surface area contributed by atoms with E-state index in [1.54, 1.807) is 6.08 Å². The van der Waals surface area contributed by atoms with Crippen molar-refractivity contribution in [2.45, 2.75) is 38.6 Å². The van der Waals surface area contributed by atoms with Crippen molar-refractivity contribution in [1.29, 1.82) is 0 Å². The molecule has 0 radical (unpaired) electrons. The molecule has 0 bridgehead atoms. The fourth-order valence-corrected chi connectivity index (χ4v) is 1.99. The standard InChI is InChI=1S/C17H23NO4/c1-3-5-6-15(17(20)21)18-16(19)12-9-13-7-10-14(11-8-13)22-4-2/h3,7-8,10-11,15H,1,4-6,9,12H2,2H3,(H,18,19)(H,20,21). The lowest BCUT2D eigenvalue weighted by molar-refractivity contribution is -0.142. The second-order valence-electron chi connectivity index (χ2n) is 4.90. The molecule has 120 valence electrons. The van der Waals surface area contributed by atoms with Crippen LogP contribution in [0, 0.1) is 0 Å². The molecule has 0 aromatic heterocycles. The number of hydrogen-bond acceptors (Lipinski definition) is 3. The summed E-state index contributed by atoms with van der Waals surface area (Å²) in [5.74, 6) is -0.479. The minimum absolute atomic E-state index is 0.256. The Morgan fingerprint density at radius 3 is 2.59 bits per heavy atom. The fraction of sp³-hybridized carbons (Fsp3) is 0.412. The Morgan fingerprint density at radius 2 is 2.05 bits per heavy atom. The molecule has 0 spiro atoms. The SMILES string of the molecule is C=CCCC(NC(=O)CCc1ccc(OCC)cc1)C(=O)O. The first kappa shape index (κ1) is 17.8. The van der Waals surface area contributed by atoms with Crippen LogP contribution in [0.3, 0.4) is 0 Å².